The first-order valence-electron chi connectivity index (χ1n) is 1.50. The summed E-state index contributed by atoms with van der Waals surface area (Å²) in [5.41, 5.74) is 0. The van der Waals surface area contributed by atoms with Crippen LogP contribution in [-0.2, 0) is 9.13 Å². The van der Waals surface area contributed by atoms with Crippen molar-refractivity contribution < 1.29 is 162 Å². The van der Waals surface area contributed by atoms with Crippen LogP contribution in [0.2, 0.25) is 0 Å². The normalized spacial score (nSPS) is 7.38. The van der Waals surface area contributed by atoms with Gasteiger partial charge in [0.15, 0.2) is 0 Å². The van der Waals surface area contributed by atoms with E-state index >= 15 is 0 Å². The maximum atomic E-state index is 8.77. The fraction of sp³-hybridized carbons (Fsp3) is 0. The molecule has 0 saturated carbocycles. The Morgan fingerprint density at radius 1 is 0.750 bits per heavy atom. The van der Waals surface area contributed by atoms with E-state index in [9.17, 15) is 0 Å². The molecule has 9 nitrogen and oxygen atoms in total. The van der Waals surface area contributed by atoms with Gasteiger partial charge < -0.3 is 39.4 Å². The zero-order valence-corrected chi connectivity index (χ0v) is 18.5. The van der Waals surface area contributed by atoms with E-state index in [0.29, 0.717) is 0 Å². The van der Waals surface area contributed by atoms with E-state index in [0.717, 1.165) is 0 Å². The molecule has 16 heavy (non-hydrogen) atoms. The van der Waals surface area contributed by atoms with Gasteiger partial charge in [-0.3, -0.25) is 4.57 Å². The van der Waals surface area contributed by atoms with Gasteiger partial charge in [0, 0.05) is 0 Å². The minimum Gasteiger partial charge on any atom is 1.00 e. The summed E-state index contributed by atoms with van der Waals surface area (Å²) >= 11 is 0. The third-order valence-corrected chi connectivity index (χ3v) is 0. The van der Waals surface area contributed by atoms with Gasteiger partial charge in [0.1, 0.15) is 0 Å². The molecule has 0 rings (SSSR count). The van der Waals surface area contributed by atoms with Crippen molar-refractivity contribution in [2.75, 3.05) is 0 Å². The Morgan fingerprint density at radius 2 is 0.750 bits per heavy atom. The summed E-state index contributed by atoms with van der Waals surface area (Å²) in [6.45, 7) is 0. The van der Waals surface area contributed by atoms with Crippen LogP contribution in [0.15, 0.2) is 0 Å². The van der Waals surface area contributed by atoms with Crippen LogP contribution in [0.5, 0.6) is 0 Å². The molecule has 0 fully saturated rings. The molecule has 0 aromatic carbocycles. The fourth-order valence-corrected chi connectivity index (χ4v) is 0. The minimum absolute atomic E-state index is 0. The Labute approximate surface area is 223 Å². The van der Waals surface area contributed by atoms with Gasteiger partial charge in [0.2, 0.25) is 0 Å². The van der Waals surface area contributed by atoms with Gasteiger partial charge in [-0.2, -0.15) is 7.82 Å². The first-order chi connectivity index (χ1) is 4.00. The van der Waals surface area contributed by atoms with Gasteiger partial charge in [-0.05, 0) is 0 Å². The molecular formula is H5KNa4O9P2. The molecule has 0 aliphatic carbocycles. The Kier molecular flexibility index (Phi) is 79.7. The van der Waals surface area contributed by atoms with Gasteiger partial charge in [0.25, 0.3) is 7.82 Å². The van der Waals surface area contributed by atoms with Crippen molar-refractivity contribution in [3.8, 4) is 0 Å². The molecule has 0 heterocycles. The van der Waals surface area contributed by atoms with Crippen LogP contribution in [-0.4, -0.2) is 66.6 Å². The number of hydrogen-bond donors (Lipinski definition) is 2. The Bertz CT molecular complexity index is 138. The van der Waals surface area contributed by atoms with Crippen molar-refractivity contribution in [3.63, 3.8) is 0 Å². The fourth-order valence-electron chi connectivity index (χ4n) is 0. The molecule has 0 saturated heterocycles. The predicted octanol–water partition coefficient (Wildman–Crippen LogP) is -17.8. The summed E-state index contributed by atoms with van der Waals surface area (Å²) in [5.74, 6) is 0. The summed E-state index contributed by atoms with van der Waals surface area (Å²) in [6, 6.07) is 0. The first kappa shape index (κ1) is 49.5. The van der Waals surface area contributed by atoms with Crippen molar-refractivity contribution >= 4 is 67.0 Å². The minimum atomic E-state index is -5.39. The second kappa shape index (κ2) is 25.8. The number of phosphoric acid groups is 2. The first-order valence-corrected chi connectivity index (χ1v) is 4.49. The van der Waals surface area contributed by atoms with Crippen LogP contribution in [0.1, 0.15) is 0 Å². The van der Waals surface area contributed by atoms with Crippen LogP contribution < -0.4 is 138 Å². The SMILES string of the molecule is O.O=P([O-])(O)O.O=P([O-])([O-])[O-].[KH].[Na+].[Na+].[Na+].[Na+]. The summed E-state index contributed by atoms with van der Waals surface area (Å²) < 4.78 is 17.3. The van der Waals surface area contributed by atoms with Crippen LogP contribution >= 0.6 is 15.6 Å². The molecule has 16 heteroatoms. The topological polar surface area (TPSA) is 198 Å². The van der Waals surface area contributed by atoms with E-state index in [4.69, 9.17) is 38.5 Å². The molecule has 0 amide bonds. The summed E-state index contributed by atoms with van der Waals surface area (Å²) in [7, 11) is -10.3. The Balaban J connectivity index is -0.00000000970. The molecule has 0 aliphatic rings. The van der Waals surface area contributed by atoms with Gasteiger partial charge in [-0.1, -0.05) is 0 Å². The van der Waals surface area contributed by atoms with Crippen molar-refractivity contribution in [1.82, 2.24) is 0 Å². The third-order valence-electron chi connectivity index (χ3n) is 0. The van der Waals surface area contributed by atoms with Gasteiger partial charge >= 0.3 is 170 Å². The molecule has 0 atom stereocenters. The molecule has 0 unspecified atom stereocenters. The van der Waals surface area contributed by atoms with Crippen LogP contribution in [0.4, 0.5) is 0 Å². The average molecular weight is 342 g/mol. The smallest absolute Gasteiger partial charge is 1.00 e. The van der Waals surface area contributed by atoms with Crippen molar-refractivity contribution in [3.05, 3.63) is 0 Å². The van der Waals surface area contributed by atoms with E-state index in [1.807, 2.05) is 0 Å². The number of hydrogen-bond acceptors (Lipinski definition) is 6. The molecule has 4 N–H and O–H groups in total. The molecule has 0 aromatic heterocycles. The summed E-state index contributed by atoms with van der Waals surface area (Å²) in [6.07, 6.45) is 0. The van der Waals surface area contributed by atoms with Crippen LogP contribution in [0.3, 0.4) is 0 Å². The molecular weight excluding hydrogens is 337 g/mol. The second-order valence-corrected chi connectivity index (χ2v) is 2.81. The third kappa shape index (κ3) is 207. The van der Waals surface area contributed by atoms with Crippen LogP contribution in [0, 0.1) is 0 Å². The maximum absolute atomic E-state index is 8.77. The van der Waals surface area contributed by atoms with Gasteiger partial charge in [-0.25, -0.2) is 0 Å². The van der Waals surface area contributed by atoms with Crippen molar-refractivity contribution in [2.24, 2.45) is 0 Å². The summed E-state index contributed by atoms with van der Waals surface area (Å²) in [4.78, 5) is 48.6. The zero-order valence-electron chi connectivity index (χ0n) is 8.74. The standard InChI is InChI=1S/K.4Na.2H3O4P.H2O.H/c;;;;;2*1-5(2,3)4;;/h;;;;;2*(H3,1,2,3,4);1H2;/q;4*+1;;;;/p-4. The molecule has 0 aliphatic heterocycles. The van der Waals surface area contributed by atoms with E-state index < -0.39 is 15.6 Å². The summed E-state index contributed by atoms with van der Waals surface area (Å²) in [5, 5.41) is 0. The molecule has 0 bridgehead atoms. The van der Waals surface area contributed by atoms with E-state index in [1.165, 1.54) is 0 Å². The predicted molar refractivity (Wildman–Crippen MR) is 30.4 cm³/mol. The van der Waals surface area contributed by atoms with E-state index in [2.05, 4.69) is 0 Å². The number of rotatable bonds is 0. The molecule has 0 radical (unpaired) electrons. The van der Waals surface area contributed by atoms with Crippen molar-refractivity contribution in [2.45, 2.75) is 0 Å². The Hall–Kier alpha value is 5.82. The molecule has 0 spiro atoms. The molecule has 74 valence electrons. The van der Waals surface area contributed by atoms with Gasteiger partial charge in [-0.15, -0.1) is 0 Å². The van der Waals surface area contributed by atoms with Crippen molar-refractivity contribution in [1.29, 1.82) is 0 Å². The zero-order chi connectivity index (χ0) is 9.00. The molecule has 0 aromatic rings. The maximum Gasteiger partial charge on any atom is 1.00 e. The van der Waals surface area contributed by atoms with Gasteiger partial charge in [0.05, 0.1) is 0 Å². The quantitative estimate of drug-likeness (QED) is 0.319. The second-order valence-electron chi connectivity index (χ2n) is 0.938. The monoisotopic (exact) mass is 342 g/mol. The van der Waals surface area contributed by atoms with Crippen LogP contribution in [0.25, 0.3) is 0 Å². The average Bonchev–Trinajstić information content (AvgIpc) is 1.12. The van der Waals surface area contributed by atoms with E-state index in [1.54, 1.807) is 0 Å². The Morgan fingerprint density at radius 3 is 0.750 bits per heavy atom. The van der Waals surface area contributed by atoms with E-state index in [-0.39, 0.29) is 175 Å². The largest absolute Gasteiger partial charge is 1.00 e.